The lowest BCUT2D eigenvalue weighted by Gasteiger charge is -2.18. The average molecular weight is 723 g/mol. The molecule has 1 atom stereocenters. The number of carbonyl (C=O) groups excluding carboxylic acids is 3. The molecule has 0 unspecified atom stereocenters. The Balaban J connectivity index is 4.14. The zero-order chi connectivity index (χ0) is 37.5. The van der Waals surface area contributed by atoms with Crippen LogP contribution in [0.2, 0.25) is 0 Å². The van der Waals surface area contributed by atoms with Gasteiger partial charge in [-0.15, -0.1) is 0 Å². The van der Waals surface area contributed by atoms with Gasteiger partial charge in [0.25, 0.3) is 0 Å². The Morgan fingerprint density at radius 1 is 0.373 bits per heavy atom. The molecule has 0 N–H and O–H groups in total. The van der Waals surface area contributed by atoms with Gasteiger partial charge in [-0.3, -0.25) is 14.4 Å². The lowest BCUT2D eigenvalue weighted by molar-refractivity contribution is -0.167. The third-order valence-corrected chi connectivity index (χ3v) is 10.0. The molecule has 6 nitrogen and oxygen atoms in total. The van der Waals surface area contributed by atoms with E-state index in [2.05, 4.69) is 27.7 Å². The smallest absolute Gasteiger partial charge is 0.306 e. The molecule has 0 saturated carbocycles. The van der Waals surface area contributed by atoms with Crippen molar-refractivity contribution in [3.8, 4) is 0 Å². The molecule has 0 radical (unpaired) electrons. The van der Waals surface area contributed by atoms with E-state index in [0.29, 0.717) is 19.3 Å². The van der Waals surface area contributed by atoms with Crippen molar-refractivity contribution < 1.29 is 28.6 Å². The number of rotatable bonds is 40. The summed E-state index contributed by atoms with van der Waals surface area (Å²) in [4.78, 5) is 37.4. The molecule has 51 heavy (non-hydrogen) atoms. The second-order valence-corrected chi connectivity index (χ2v) is 15.8. The molecule has 0 aromatic heterocycles. The van der Waals surface area contributed by atoms with Gasteiger partial charge < -0.3 is 14.2 Å². The van der Waals surface area contributed by atoms with Gasteiger partial charge in [-0.1, -0.05) is 207 Å². The molecule has 0 heterocycles. The predicted octanol–water partition coefficient (Wildman–Crippen LogP) is 13.9. The molecule has 0 spiro atoms. The fourth-order valence-corrected chi connectivity index (χ4v) is 6.63. The Hall–Kier alpha value is -1.59. The summed E-state index contributed by atoms with van der Waals surface area (Å²) in [6.45, 7) is 8.86. The van der Waals surface area contributed by atoms with E-state index in [1.165, 1.54) is 135 Å². The minimum Gasteiger partial charge on any atom is -0.462 e. The minimum absolute atomic E-state index is 0.0661. The predicted molar refractivity (Wildman–Crippen MR) is 215 cm³/mol. The fraction of sp³-hybridized carbons (Fsp3) is 0.933. The summed E-state index contributed by atoms with van der Waals surface area (Å²) < 4.78 is 16.6. The van der Waals surface area contributed by atoms with Gasteiger partial charge in [0.05, 0.1) is 0 Å². The standard InChI is InChI=1S/C45H86O6/c1-5-7-9-11-12-13-14-15-16-17-18-19-20-21-22-25-30-34-38-45(48)51-42(39-49-43(46)36-32-27-10-8-6-2)40-50-44(47)37-33-29-26-23-24-28-31-35-41(3)4/h41-42H,5-40H2,1-4H3/t42-/m1/s1. The zero-order valence-electron chi connectivity index (χ0n) is 34.6. The van der Waals surface area contributed by atoms with Crippen LogP contribution in [-0.2, 0) is 28.6 Å². The van der Waals surface area contributed by atoms with Gasteiger partial charge in [-0.25, -0.2) is 0 Å². The van der Waals surface area contributed by atoms with E-state index < -0.39 is 6.10 Å². The van der Waals surface area contributed by atoms with Crippen LogP contribution in [0.15, 0.2) is 0 Å². The second-order valence-electron chi connectivity index (χ2n) is 15.8. The van der Waals surface area contributed by atoms with Crippen LogP contribution >= 0.6 is 0 Å². The van der Waals surface area contributed by atoms with Crippen molar-refractivity contribution in [3.05, 3.63) is 0 Å². The van der Waals surface area contributed by atoms with Crippen LogP contribution in [0.4, 0.5) is 0 Å². The van der Waals surface area contributed by atoms with Gasteiger partial charge in [0.15, 0.2) is 6.10 Å². The Morgan fingerprint density at radius 2 is 0.647 bits per heavy atom. The van der Waals surface area contributed by atoms with Crippen LogP contribution in [0, 0.1) is 5.92 Å². The second kappa shape index (κ2) is 39.6. The van der Waals surface area contributed by atoms with Crippen molar-refractivity contribution in [2.24, 2.45) is 5.92 Å². The number of hydrogen-bond acceptors (Lipinski definition) is 6. The molecule has 0 aliphatic heterocycles. The van der Waals surface area contributed by atoms with Gasteiger partial charge in [0, 0.05) is 19.3 Å². The summed E-state index contributed by atoms with van der Waals surface area (Å²) in [5.41, 5.74) is 0. The van der Waals surface area contributed by atoms with E-state index in [4.69, 9.17) is 14.2 Å². The van der Waals surface area contributed by atoms with Gasteiger partial charge >= 0.3 is 17.9 Å². The summed E-state index contributed by atoms with van der Waals surface area (Å²) in [5, 5.41) is 0. The summed E-state index contributed by atoms with van der Waals surface area (Å²) in [6.07, 6.45) is 38.4. The molecule has 0 aliphatic carbocycles. The van der Waals surface area contributed by atoms with Gasteiger partial charge in [0.1, 0.15) is 13.2 Å². The Bertz CT molecular complexity index is 766. The van der Waals surface area contributed by atoms with Crippen LogP contribution in [0.25, 0.3) is 0 Å². The van der Waals surface area contributed by atoms with E-state index in [9.17, 15) is 14.4 Å². The lowest BCUT2D eigenvalue weighted by Crippen LogP contribution is -2.30. The number of esters is 3. The van der Waals surface area contributed by atoms with Gasteiger partial charge in [-0.05, 0) is 25.2 Å². The molecule has 0 bridgehead atoms. The zero-order valence-corrected chi connectivity index (χ0v) is 34.6. The Morgan fingerprint density at radius 3 is 0.961 bits per heavy atom. The quantitative estimate of drug-likeness (QED) is 0.0356. The van der Waals surface area contributed by atoms with Gasteiger partial charge in [0.2, 0.25) is 0 Å². The van der Waals surface area contributed by atoms with E-state index in [1.54, 1.807) is 0 Å². The first-order chi connectivity index (χ1) is 24.9. The van der Waals surface area contributed by atoms with E-state index >= 15 is 0 Å². The van der Waals surface area contributed by atoms with Crippen molar-refractivity contribution in [1.82, 2.24) is 0 Å². The maximum absolute atomic E-state index is 12.7. The van der Waals surface area contributed by atoms with Crippen molar-refractivity contribution in [3.63, 3.8) is 0 Å². The van der Waals surface area contributed by atoms with Crippen LogP contribution in [0.5, 0.6) is 0 Å². The summed E-state index contributed by atoms with van der Waals surface area (Å²) >= 11 is 0. The highest BCUT2D eigenvalue weighted by molar-refractivity contribution is 5.71. The summed E-state index contributed by atoms with van der Waals surface area (Å²) in [7, 11) is 0. The SMILES string of the molecule is CCCCCCCCCCCCCCCCCCCCC(=O)O[C@H](COC(=O)CCCCCCC)COC(=O)CCCCCCCCCC(C)C. The highest BCUT2D eigenvalue weighted by atomic mass is 16.6. The first-order valence-electron chi connectivity index (χ1n) is 22.4. The normalized spacial score (nSPS) is 11.9. The highest BCUT2D eigenvalue weighted by Gasteiger charge is 2.19. The Labute approximate surface area is 317 Å². The molecular weight excluding hydrogens is 636 g/mol. The molecule has 6 heteroatoms. The molecule has 0 aromatic carbocycles. The first kappa shape index (κ1) is 49.4. The van der Waals surface area contributed by atoms with Crippen molar-refractivity contribution in [2.45, 2.75) is 252 Å². The maximum atomic E-state index is 12.7. The summed E-state index contributed by atoms with van der Waals surface area (Å²) in [6, 6.07) is 0. The monoisotopic (exact) mass is 723 g/mol. The fourth-order valence-electron chi connectivity index (χ4n) is 6.63. The topological polar surface area (TPSA) is 78.9 Å². The van der Waals surface area contributed by atoms with Crippen LogP contribution in [0.1, 0.15) is 246 Å². The molecule has 0 aromatic rings. The van der Waals surface area contributed by atoms with Crippen molar-refractivity contribution >= 4 is 17.9 Å². The number of hydrogen-bond donors (Lipinski definition) is 0. The summed E-state index contributed by atoms with van der Waals surface area (Å²) in [5.74, 6) is -0.0909. The lowest BCUT2D eigenvalue weighted by atomic mass is 10.0. The van der Waals surface area contributed by atoms with Crippen LogP contribution in [0.3, 0.4) is 0 Å². The third-order valence-electron chi connectivity index (χ3n) is 10.0. The molecular formula is C45H86O6. The van der Waals surface area contributed by atoms with Crippen LogP contribution < -0.4 is 0 Å². The van der Waals surface area contributed by atoms with E-state index in [1.807, 2.05) is 0 Å². The Kier molecular flexibility index (Phi) is 38.4. The third kappa shape index (κ3) is 39.5. The van der Waals surface area contributed by atoms with Gasteiger partial charge in [-0.2, -0.15) is 0 Å². The number of carbonyl (C=O) groups is 3. The molecule has 0 aliphatic rings. The molecule has 0 amide bonds. The molecule has 0 fully saturated rings. The molecule has 302 valence electrons. The minimum atomic E-state index is -0.758. The van der Waals surface area contributed by atoms with Crippen molar-refractivity contribution in [2.75, 3.05) is 13.2 Å². The van der Waals surface area contributed by atoms with Crippen LogP contribution in [-0.4, -0.2) is 37.2 Å². The molecule has 0 rings (SSSR count). The highest BCUT2D eigenvalue weighted by Crippen LogP contribution is 2.16. The van der Waals surface area contributed by atoms with Crippen molar-refractivity contribution in [1.29, 1.82) is 0 Å². The molecule has 0 saturated heterocycles. The largest absolute Gasteiger partial charge is 0.462 e. The van der Waals surface area contributed by atoms with E-state index in [-0.39, 0.29) is 31.1 Å². The first-order valence-corrected chi connectivity index (χ1v) is 22.4. The average Bonchev–Trinajstić information content (AvgIpc) is 3.11. The number of unbranched alkanes of at least 4 members (excludes halogenated alkanes) is 27. The van der Waals surface area contributed by atoms with E-state index in [0.717, 1.165) is 70.1 Å². The maximum Gasteiger partial charge on any atom is 0.306 e. The number of ether oxygens (including phenoxy) is 3.